The number of hydrogen-bond acceptors (Lipinski definition) is 3. The predicted molar refractivity (Wildman–Crippen MR) is 97.6 cm³/mol. The van der Waals surface area contributed by atoms with Crippen LogP contribution in [0.1, 0.15) is 56.6 Å². The molecular formula is C20H24N2O5. The van der Waals surface area contributed by atoms with E-state index in [9.17, 15) is 19.5 Å². The quantitative estimate of drug-likeness (QED) is 0.827. The van der Waals surface area contributed by atoms with Gasteiger partial charge in [-0.05, 0) is 37.3 Å². The summed E-state index contributed by atoms with van der Waals surface area (Å²) < 4.78 is 0. The molecule has 2 fully saturated rings. The van der Waals surface area contributed by atoms with Gasteiger partial charge in [-0.15, -0.1) is 0 Å². The lowest BCUT2D eigenvalue weighted by atomic mass is 9.81. The summed E-state index contributed by atoms with van der Waals surface area (Å²) in [5, 5.41) is 18.8. The molecule has 2 N–H and O–H groups in total. The molecule has 0 radical (unpaired) electrons. The number of carbonyl (C=O) groups is 3. The van der Waals surface area contributed by atoms with E-state index in [1.54, 1.807) is 0 Å². The minimum Gasteiger partial charge on any atom is -0.481 e. The SMILES string of the molecule is O=C(O)CCC(=O)N(C1CC1)[C@H]1c2ccccc2N(C(=O)O)[C@@H]2CCC[C@@H]21. The fourth-order valence-electron chi connectivity index (χ4n) is 4.91. The summed E-state index contributed by atoms with van der Waals surface area (Å²) in [5.74, 6) is -1.04. The number of para-hydroxylation sites is 1. The second-order valence-electron chi connectivity index (χ2n) is 7.74. The predicted octanol–water partition coefficient (Wildman–Crippen LogP) is 3.25. The normalized spacial score (nSPS) is 26.2. The topological polar surface area (TPSA) is 98.2 Å². The number of nitrogens with zero attached hydrogens (tertiary/aromatic N) is 2. The van der Waals surface area contributed by atoms with Crippen LogP contribution >= 0.6 is 0 Å². The van der Waals surface area contributed by atoms with Crippen molar-refractivity contribution in [2.24, 2.45) is 5.92 Å². The average molecular weight is 372 g/mol. The second kappa shape index (κ2) is 6.87. The van der Waals surface area contributed by atoms with Crippen LogP contribution in [0.4, 0.5) is 10.5 Å². The third kappa shape index (κ3) is 3.15. The molecule has 27 heavy (non-hydrogen) atoms. The summed E-state index contributed by atoms with van der Waals surface area (Å²) in [6.45, 7) is 0. The highest BCUT2D eigenvalue weighted by Gasteiger charge is 2.51. The van der Waals surface area contributed by atoms with Crippen molar-refractivity contribution in [3.8, 4) is 0 Å². The zero-order valence-corrected chi connectivity index (χ0v) is 15.1. The lowest BCUT2D eigenvalue weighted by Crippen LogP contribution is -2.52. The summed E-state index contributed by atoms with van der Waals surface area (Å²) in [6.07, 6.45) is 3.33. The number of anilines is 1. The monoisotopic (exact) mass is 372 g/mol. The van der Waals surface area contributed by atoms with Crippen LogP contribution in [0.3, 0.4) is 0 Å². The standard InChI is InChI=1S/C20H24N2O5/c23-17(10-11-18(24)25)21(12-8-9-12)19-13-4-1-2-6-15(13)22(20(26)27)16-7-3-5-14(16)19/h1-2,4,6,12,14,16,19H,3,5,7-11H2,(H,24,25)(H,26,27)/t14-,16+,19-/m0/s1. The second-order valence-corrected chi connectivity index (χ2v) is 7.74. The van der Waals surface area contributed by atoms with Crippen LogP contribution in [-0.2, 0) is 9.59 Å². The van der Waals surface area contributed by atoms with E-state index in [4.69, 9.17) is 5.11 Å². The van der Waals surface area contributed by atoms with E-state index >= 15 is 0 Å². The Balaban J connectivity index is 1.75. The van der Waals surface area contributed by atoms with Crippen LogP contribution in [-0.4, -0.2) is 45.2 Å². The Labute approximate surface area is 157 Å². The Bertz CT molecular complexity index is 775. The highest BCUT2D eigenvalue weighted by atomic mass is 16.4. The molecular weight excluding hydrogens is 348 g/mol. The number of carboxylic acid groups (broad SMARTS) is 2. The molecule has 0 unspecified atom stereocenters. The average Bonchev–Trinajstić information content (AvgIpc) is 3.35. The fraction of sp³-hybridized carbons (Fsp3) is 0.550. The van der Waals surface area contributed by atoms with Gasteiger partial charge in [-0.1, -0.05) is 24.6 Å². The summed E-state index contributed by atoms with van der Waals surface area (Å²) in [7, 11) is 0. The summed E-state index contributed by atoms with van der Waals surface area (Å²) in [6, 6.07) is 7.29. The Morgan fingerprint density at radius 2 is 1.78 bits per heavy atom. The van der Waals surface area contributed by atoms with Crippen molar-refractivity contribution in [1.29, 1.82) is 0 Å². The Morgan fingerprint density at radius 3 is 2.44 bits per heavy atom. The highest BCUT2D eigenvalue weighted by molar-refractivity contribution is 5.90. The molecule has 0 aromatic heterocycles. The maximum atomic E-state index is 13.0. The first-order chi connectivity index (χ1) is 13.0. The molecule has 2 saturated carbocycles. The number of amides is 2. The first-order valence-electron chi connectivity index (χ1n) is 9.63. The number of benzene rings is 1. The molecule has 0 bridgehead atoms. The number of carboxylic acids is 1. The van der Waals surface area contributed by atoms with Crippen LogP contribution in [0.2, 0.25) is 0 Å². The van der Waals surface area contributed by atoms with Gasteiger partial charge in [0.1, 0.15) is 0 Å². The van der Waals surface area contributed by atoms with Crippen molar-refractivity contribution in [2.75, 3.05) is 4.90 Å². The van der Waals surface area contributed by atoms with Gasteiger partial charge < -0.3 is 15.1 Å². The molecule has 2 amide bonds. The maximum Gasteiger partial charge on any atom is 0.412 e. The van der Waals surface area contributed by atoms with Crippen molar-refractivity contribution >= 4 is 23.7 Å². The van der Waals surface area contributed by atoms with E-state index in [2.05, 4.69) is 0 Å². The van der Waals surface area contributed by atoms with Gasteiger partial charge in [0.05, 0.1) is 18.2 Å². The maximum absolute atomic E-state index is 13.0. The van der Waals surface area contributed by atoms with E-state index < -0.39 is 12.1 Å². The van der Waals surface area contributed by atoms with Crippen molar-refractivity contribution in [2.45, 2.75) is 63.1 Å². The molecule has 1 aliphatic heterocycles. The van der Waals surface area contributed by atoms with E-state index in [0.29, 0.717) is 5.69 Å². The largest absolute Gasteiger partial charge is 0.481 e. The summed E-state index contributed by atoms with van der Waals surface area (Å²) in [4.78, 5) is 39.3. The molecule has 2 aliphatic carbocycles. The van der Waals surface area contributed by atoms with Crippen LogP contribution in [0, 0.1) is 5.92 Å². The van der Waals surface area contributed by atoms with Gasteiger partial charge in [0.15, 0.2) is 0 Å². The first-order valence-corrected chi connectivity index (χ1v) is 9.63. The van der Waals surface area contributed by atoms with E-state index in [1.165, 1.54) is 4.90 Å². The van der Waals surface area contributed by atoms with Gasteiger partial charge in [-0.2, -0.15) is 0 Å². The van der Waals surface area contributed by atoms with Crippen LogP contribution in [0.25, 0.3) is 0 Å². The fourth-order valence-corrected chi connectivity index (χ4v) is 4.91. The molecule has 1 aromatic carbocycles. The summed E-state index contributed by atoms with van der Waals surface area (Å²) in [5.41, 5.74) is 1.54. The van der Waals surface area contributed by atoms with E-state index in [1.807, 2.05) is 29.2 Å². The molecule has 0 spiro atoms. The van der Waals surface area contributed by atoms with Crippen molar-refractivity contribution in [1.82, 2.24) is 4.90 Å². The summed E-state index contributed by atoms with van der Waals surface area (Å²) >= 11 is 0. The van der Waals surface area contributed by atoms with Crippen LogP contribution < -0.4 is 4.90 Å². The zero-order chi connectivity index (χ0) is 19.1. The Morgan fingerprint density at radius 1 is 1.04 bits per heavy atom. The van der Waals surface area contributed by atoms with Gasteiger partial charge in [0.2, 0.25) is 5.91 Å². The van der Waals surface area contributed by atoms with E-state index in [0.717, 1.165) is 37.7 Å². The number of carbonyl (C=O) groups excluding carboxylic acids is 1. The Hall–Kier alpha value is -2.57. The third-order valence-corrected chi connectivity index (χ3v) is 6.07. The molecule has 7 heteroatoms. The lowest BCUT2D eigenvalue weighted by Gasteiger charge is -2.46. The van der Waals surface area contributed by atoms with Gasteiger partial charge in [0, 0.05) is 24.4 Å². The molecule has 3 atom stereocenters. The number of rotatable bonds is 5. The molecule has 1 heterocycles. The van der Waals surface area contributed by atoms with Gasteiger partial charge >= 0.3 is 12.1 Å². The zero-order valence-electron chi connectivity index (χ0n) is 15.1. The lowest BCUT2D eigenvalue weighted by molar-refractivity contribution is -0.142. The van der Waals surface area contributed by atoms with Crippen LogP contribution in [0.15, 0.2) is 24.3 Å². The molecule has 144 valence electrons. The number of aliphatic carboxylic acids is 1. The van der Waals surface area contributed by atoms with Crippen molar-refractivity contribution in [3.05, 3.63) is 29.8 Å². The van der Waals surface area contributed by atoms with Gasteiger partial charge in [0.25, 0.3) is 0 Å². The third-order valence-electron chi connectivity index (χ3n) is 6.07. The molecule has 4 rings (SSSR count). The molecule has 7 nitrogen and oxygen atoms in total. The number of fused-ring (bicyclic) bond motifs is 2. The highest BCUT2D eigenvalue weighted by Crippen LogP contribution is 2.52. The van der Waals surface area contributed by atoms with Crippen molar-refractivity contribution in [3.63, 3.8) is 0 Å². The molecule has 1 aromatic rings. The molecule has 3 aliphatic rings. The number of hydrogen-bond donors (Lipinski definition) is 2. The minimum absolute atomic E-state index is 0.00939. The first kappa shape index (κ1) is 17.8. The van der Waals surface area contributed by atoms with Gasteiger partial charge in [-0.3, -0.25) is 14.5 Å². The smallest absolute Gasteiger partial charge is 0.412 e. The van der Waals surface area contributed by atoms with Gasteiger partial charge in [-0.25, -0.2) is 4.79 Å². The molecule has 0 saturated heterocycles. The van der Waals surface area contributed by atoms with E-state index in [-0.39, 0.29) is 42.8 Å². The minimum atomic E-state index is -0.973. The van der Waals surface area contributed by atoms with Crippen LogP contribution in [0.5, 0.6) is 0 Å². The Kier molecular flexibility index (Phi) is 4.53. The van der Waals surface area contributed by atoms with Crippen molar-refractivity contribution < 1.29 is 24.6 Å².